The largest absolute Gasteiger partial charge is 0.477 e. The second-order valence-corrected chi connectivity index (χ2v) is 5.81. The van der Waals surface area contributed by atoms with E-state index in [-0.39, 0.29) is 17.7 Å². The SMILES string of the molecule is CC(NC(=O)c1ccc2c(c1)CCC(C(=O)O)=N2)c1ccccc1. The van der Waals surface area contributed by atoms with E-state index in [1.165, 1.54) is 0 Å². The molecular formula is C19H18N2O3. The Balaban J connectivity index is 1.76. The first-order valence-electron chi connectivity index (χ1n) is 7.84. The lowest BCUT2D eigenvalue weighted by Gasteiger charge is -2.17. The van der Waals surface area contributed by atoms with Crippen LogP contribution in [-0.4, -0.2) is 22.7 Å². The average Bonchev–Trinajstić information content (AvgIpc) is 2.61. The van der Waals surface area contributed by atoms with Crippen molar-refractivity contribution in [3.8, 4) is 0 Å². The Hall–Kier alpha value is -2.95. The minimum absolute atomic E-state index is 0.0913. The van der Waals surface area contributed by atoms with Crippen LogP contribution < -0.4 is 5.32 Å². The Morgan fingerprint density at radius 1 is 1.12 bits per heavy atom. The first-order valence-corrected chi connectivity index (χ1v) is 7.84. The minimum atomic E-state index is -0.987. The first-order chi connectivity index (χ1) is 11.5. The summed E-state index contributed by atoms with van der Waals surface area (Å²) in [6, 6.07) is 14.9. The molecule has 5 nitrogen and oxygen atoms in total. The van der Waals surface area contributed by atoms with E-state index in [9.17, 15) is 9.59 Å². The number of carbonyl (C=O) groups is 2. The molecule has 1 atom stereocenters. The predicted molar refractivity (Wildman–Crippen MR) is 91.8 cm³/mol. The molecule has 3 rings (SSSR count). The van der Waals surface area contributed by atoms with Gasteiger partial charge < -0.3 is 10.4 Å². The van der Waals surface area contributed by atoms with Crippen LogP contribution in [-0.2, 0) is 11.2 Å². The van der Waals surface area contributed by atoms with Crippen LogP contribution in [0.4, 0.5) is 5.69 Å². The molecule has 1 heterocycles. The zero-order chi connectivity index (χ0) is 17.1. The number of nitrogens with one attached hydrogen (secondary N) is 1. The van der Waals surface area contributed by atoms with Crippen LogP contribution >= 0.6 is 0 Å². The summed E-state index contributed by atoms with van der Waals surface area (Å²) in [6.07, 6.45) is 0.962. The van der Waals surface area contributed by atoms with Gasteiger partial charge in [-0.3, -0.25) is 4.79 Å². The van der Waals surface area contributed by atoms with E-state index in [0.29, 0.717) is 24.1 Å². The average molecular weight is 322 g/mol. The molecule has 2 N–H and O–H groups in total. The fourth-order valence-corrected chi connectivity index (χ4v) is 2.75. The van der Waals surface area contributed by atoms with Gasteiger partial charge in [0.15, 0.2) is 0 Å². The Bertz CT molecular complexity index is 813. The van der Waals surface area contributed by atoms with E-state index >= 15 is 0 Å². The van der Waals surface area contributed by atoms with Gasteiger partial charge in [0.05, 0.1) is 11.7 Å². The van der Waals surface area contributed by atoms with Crippen molar-refractivity contribution in [2.75, 3.05) is 0 Å². The Kier molecular flexibility index (Phi) is 4.42. The van der Waals surface area contributed by atoms with Gasteiger partial charge >= 0.3 is 5.97 Å². The van der Waals surface area contributed by atoms with E-state index in [4.69, 9.17) is 5.11 Å². The molecule has 0 spiro atoms. The van der Waals surface area contributed by atoms with Crippen LogP contribution in [0.15, 0.2) is 53.5 Å². The lowest BCUT2D eigenvalue weighted by atomic mass is 9.99. The van der Waals surface area contributed by atoms with Gasteiger partial charge in [0, 0.05) is 12.0 Å². The number of hydrogen-bond donors (Lipinski definition) is 2. The third-order valence-electron chi connectivity index (χ3n) is 4.12. The number of nitrogens with zero attached hydrogens (tertiary/aromatic N) is 1. The molecular weight excluding hydrogens is 304 g/mol. The van der Waals surface area contributed by atoms with Gasteiger partial charge in [-0.15, -0.1) is 0 Å². The number of rotatable bonds is 4. The number of benzene rings is 2. The third-order valence-corrected chi connectivity index (χ3v) is 4.12. The summed E-state index contributed by atoms with van der Waals surface area (Å²) in [5.74, 6) is -1.14. The smallest absolute Gasteiger partial charge is 0.350 e. The predicted octanol–water partition coefficient (Wildman–Crippen LogP) is 3.28. The van der Waals surface area contributed by atoms with Crippen LogP contribution in [0.5, 0.6) is 0 Å². The number of amides is 1. The fourth-order valence-electron chi connectivity index (χ4n) is 2.75. The first kappa shape index (κ1) is 15.9. The molecule has 24 heavy (non-hydrogen) atoms. The molecule has 2 aromatic rings. The zero-order valence-electron chi connectivity index (χ0n) is 13.3. The quantitative estimate of drug-likeness (QED) is 0.906. The number of aryl methyl sites for hydroxylation is 1. The Morgan fingerprint density at radius 3 is 2.58 bits per heavy atom. The van der Waals surface area contributed by atoms with Crippen LogP contribution in [0.25, 0.3) is 0 Å². The monoisotopic (exact) mass is 322 g/mol. The van der Waals surface area contributed by atoms with E-state index < -0.39 is 5.97 Å². The summed E-state index contributed by atoms with van der Waals surface area (Å²) in [5.41, 5.74) is 3.30. The van der Waals surface area contributed by atoms with Crippen molar-refractivity contribution in [1.82, 2.24) is 5.32 Å². The van der Waals surface area contributed by atoms with Crippen molar-refractivity contribution >= 4 is 23.3 Å². The molecule has 0 saturated heterocycles. The highest BCUT2D eigenvalue weighted by Crippen LogP contribution is 2.27. The van der Waals surface area contributed by atoms with Gasteiger partial charge in [-0.1, -0.05) is 30.3 Å². The van der Waals surface area contributed by atoms with Gasteiger partial charge in [0.1, 0.15) is 5.71 Å². The summed E-state index contributed by atoms with van der Waals surface area (Å²) in [6.45, 7) is 1.94. The lowest BCUT2D eigenvalue weighted by molar-refractivity contribution is -0.129. The van der Waals surface area contributed by atoms with Crippen molar-refractivity contribution in [2.45, 2.75) is 25.8 Å². The lowest BCUT2D eigenvalue weighted by Crippen LogP contribution is -2.26. The fraction of sp³-hybridized carbons (Fsp3) is 0.211. The molecule has 0 saturated carbocycles. The molecule has 2 aromatic carbocycles. The van der Waals surface area contributed by atoms with Crippen molar-refractivity contribution in [1.29, 1.82) is 0 Å². The molecule has 1 amide bonds. The molecule has 5 heteroatoms. The molecule has 122 valence electrons. The van der Waals surface area contributed by atoms with Gasteiger partial charge in [-0.2, -0.15) is 0 Å². The number of fused-ring (bicyclic) bond motifs is 1. The summed E-state index contributed by atoms with van der Waals surface area (Å²) in [7, 11) is 0. The van der Waals surface area contributed by atoms with Crippen LogP contribution in [0, 0.1) is 0 Å². The molecule has 0 radical (unpaired) electrons. The normalized spacial score (nSPS) is 14.3. The minimum Gasteiger partial charge on any atom is -0.477 e. The number of carboxylic acid groups (broad SMARTS) is 1. The van der Waals surface area contributed by atoms with Crippen molar-refractivity contribution < 1.29 is 14.7 Å². The summed E-state index contributed by atoms with van der Waals surface area (Å²) in [5, 5.41) is 12.0. The highest BCUT2D eigenvalue weighted by Gasteiger charge is 2.19. The van der Waals surface area contributed by atoms with E-state index in [2.05, 4.69) is 10.3 Å². The second kappa shape index (κ2) is 6.66. The van der Waals surface area contributed by atoms with Crippen LogP contribution in [0.3, 0.4) is 0 Å². The summed E-state index contributed by atoms with van der Waals surface area (Å²) < 4.78 is 0. The van der Waals surface area contributed by atoms with Crippen molar-refractivity contribution in [3.63, 3.8) is 0 Å². The third kappa shape index (κ3) is 3.35. The number of hydrogen-bond acceptors (Lipinski definition) is 3. The van der Waals surface area contributed by atoms with E-state index in [1.807, 2.05) is 37.3 Å². The van der Waals surface area contributed by atoms with Gasteiger partial charge in [-0.25, -0.2) is 9.79 Å². The van der Waals surface area contributed by atoms with Gasteiger partial charge in [-0.05, 0) is 42.7 Å². The van der Waals surface area contributed by atoms with Crippen LogP contribution in [0.1, 0.15) is 40.9 Å². The maximum atomic E-state index is 12.4. The Morgan fingerprint density at radius 2 is 1.88 bits per heavy atom. The summed E-state index contributed by atoms with van der Waals surface area (Å²) >= 11 is 0. The Labute approximate surface area is 140 Å². The number of carbonyl (C=O) groups excluding carboxylic acids is 1. The topological polar surface area (TPSA) is 78.8 Å². The van der Waals surface area contributed by atoms with Crippen molar-refractivity contribution in [3.05, 3.63) is 65.2 Å². The highest BCUT2D eigenvalue weighted by atomic mass is 16.4. The highest BCUT2D eigenvalue weighted by molar-refractivity contribution is 6.36. The second-order valence-electron chi connectivity index (χ2n) is 5.81. The molecule has 0 aliphatic carbocycles. The summed E-state index contributed by atoms with van der Waals surface area (Å²) in [4.78, 5) is 27.6. The number of carboxylic acids is 1. The molecule has 0 bridgehead atoms. The maximum absolute atomic E-state index is 12.4. The molecule has 0 fully saturated rings. The number of aliphatic imine (C=N–C) groups is 1. The van der Waals surface area contributed by atoms with Crippen molar-refractivity contribution in [2.24, 2.45) is 4.99 Å². The van der Waals surface area contributed by atoms with E-state index in [1.54, 1.807) is 18.2 Å². The van der Waals surface area contributed by atoms with E-state index in [0.717, 1.165) is 11.1 Å². The zero-order valence-corrected chi connectivity index (χ0v) is 13.3. The molecule has 0 aromatic heterocycles. The van der Waals surface area contributed by atoms with Crippen LogP contribution in [0.2, 0.25) is 0 Å². The van der Waals surface area contributed by atoms with Gasteiger partial charge in [0.2, 0.25) is 0 Å². The molecule has 1 unspecified atom stereocenters. The molecule has 1 aliphatic heterocycles. The van der Waals surface area contributed by atoms with Gasteiger partial charge in [0.25, 0.3) is 5.91 Å². The number of aliphatic carboxylic acids is 1. The molecule has 1 aliphatic rings. The maximum Gasteiger partial charge on any atom is 0.350 e. The standard InChI is InChI=1S/C19H18N2O3/c1-12(13-5-3-2-4-6-13)20-18(22)15-8-9-16-14(11-15)7-10-17(21-16)19(23)24/h2-6,8-9,11-12H,7,10H2,1H3,(H,20,22)(H,23,24).